The van der Waals surface area contributed by atoms with Crippen LogP contribution in [0.4, 0.5) is 13.2 Å². The van der Waals surface area contributed by atoms with Gasteiger partial charge >= 0.3 is 6.18 Å². The molecular weight excluding hydrogens is 339 g/mol. The van der Waals surface area contributed by atoms with Gasteiger partial charge in [0.1, 0.15) is 0 Å². The molecule has 1 aromatic carbocycles. The normalized spacial score (nSPS) is 14.0. The maximum Gasteiger partial charge on any atom is 0.417 e. The van der Waals surface area contributed by atoms with Gasteiger partial charge in [0.05, 0.1) is 17.2 Å². The Bertz CT molecular complexity index is 513. The highest BCUT2D eigenvalue weighted by Crippen LogP contribution is 2.35. The van der Waals surface area contributed by atoms with Crippen molar-refractivity contribution in [3.8, 4) is 0 Å². The van der Waals surface area contributed by atoms with E-state index in [-0.39, 0.29) is 10.0 Å². The summed E-state index contributed by atoms with van der Waals surface area (Å²) in [7, 11) is 0. The van der Waals surface area contributed by atoms with E-state index in [1.165, 1.54) is 19.1 Å². The lowest BCUT2D eigenvalue weighted by Crippen LogP contribution is -2.51. The molecule has 0 aliphatic heterocycles. The first kappa shape index (κ1) is 17.0. The van der Waals surface area contributed by atoms with Crippen molar-refractivity contribution in [2.45, 2.75) is 38.6 Å². The van der Waals surface area contributed by atoms with Crippen molar-refractivity contribution in [1.82, 2.24) is 5.32 Å². The van der Waals surface area contributed by atoms with Crippen LogP contribution in [0.25, 0.3) is 0 Å². The van der Waals surface area contributed by atoms with Crippen molar-refractivity contribution in [2.24, 2.45) is 0 Å². The number of alkyl halides is 3. The Labute approximate surface area is 123 Å². The molecule has 1 atom stereocenters. The fraction of sp³-hybridized carbons (Fsp3) is 0.462. The van der Waals surface area contributed by atoms with Crippen LogP contribution in [-0.2, 0) is 6.18 Å². The zero-order valence-corrected chi connectivity index (χ0v) is 12.8. The van der Waals surface area contributed by atoms with E-state index in [2.05, 4.69) is 21.2 Å². The minimum absolute atomic E-state index is 0.116. The molecule has 20 heavy (non-hydrogen) atoms. The van der Waals surface area contributed by atoms with Crippen molar-refractivity contribution in [3.63, 3.8) is 0 Å². The van der Waals surface area contributed by atoms with E-state index in [0.717, 1.165) is 6.07 Å². The number of benzene rings is 1. The standard InChI is InChI=1S/C13H15BrF3NO2/c1-7(19)12(2,3)18-11(20)8-4-5-10(14)9(6-8)13(15,16)17/h4-7,19H,1-3H3,(H,18,20). The zero-order chi connectivity index (χ0) is 15.7. The predicted molar refractivity (Wildman–Crippen MR) is 72.4 cm³/mol. The van der Waals surface area contributed by atoms with Crippen LogP contribution in [-0.4, -0.2) is 22.7 Å². The maximum atomic E-state index is 12.8. The van der Waals surface area contributed by atoms with Gasteiger partial charge in [0, 0.05) is 10.0 Å². The van der Waals surface area contributed by atoms with E-state index in [4.69, 9.17) is 0 Å². The van der Waals surface area contributed by atoms with Crippen LogP contribution in [0.15, 0.2) is 22.7 Å². The third-order valence-corrected chi connectivity index (χ3v) is 3.71. The average molecular weight is 354 g/mol. The number of carbonyl (C=O) groups is 1. The lowest BCUT2D eigenvalue weighted by molar-refractivity contribution is -0.138. The molecule has 1 rings (SSSR count). The molecular formula is C13H15BrF3NO2. The molecule has 0 saturated heterocycles. The van der Waals surface area contributed by atoms with Gasteiger partial charge in [0.2, 0.25) is 0 Å². The third kappa shape index (κ3) is 3.96. The number of halogens is 4. The highest BCUT2D eigenvalue weighted by atomic mass is 79.9. The number of aliphatic hydroxyl groups is 1. The van der Waals surface area contributed by atoms with Gasteiger partial charge in [-0.25, -0.2) is 0 Å². The summed E-state index contributed by atoms with van der Waals surface area (Å²) < 4.78 is 38.1. The Hall–Kier alpha value is -1.08. The molecule has 0 heterocycles. The van der Waals surface area contributed by atoms with Crippen molar-refractivity contribution >= 4 is 21.8 Å². The van der Waals surface area contributed by atoms with E-state index in [0.29, 0.717) is 0 Å². The minimum Gasteiger partial charge on any atom is -0.391 e. The van der Waals surface area contributed by atoms with Crippen molar-refractivity contribution < 1.29 is 23.1 Å². The largest absolute Gasteiger partial charge is 0.417 e. The Kier molecular flexibility index (Phi) is 4.86. The molecule has 1 aromatic rings. The number of aliphatic hydroxyl groups excluding tert-OH is 1. The van der Waals surface area contributed by atoms with Crippen LogP contribution >= 0.6 is 15.9 Å². The van der Waals surface area contributed by atoms with Gasteiger partial charge in [-0.1, -0.05) is 15.9 Å². The summed E-state index contributed by atoms with van der Waals surface area (Å²) in [6, 6.07) is 3.23. The molecule has 2 N–H and O–H groups in total. The van der Waals surface area contributed by atoms with Crippen LogP contribution in [0.5, 0.6) is 0 Å². The number of rotatable bonds is 3. The number of hydrogen-bond donors (Lipinski definition) is 2. The first-order valence-corrected chi connectivity index (χ1v) is 6.62. The lowest BCUT2D eigenvalue weighted by Gasteiger charge is -2.29. The summed E-state index contributed by atoms with van der Waals surface area (Å²) in [5.41, 5.74) is -1.98. The van der Waals surface area contributed by atoms with Crippen molar-refractivity contribution in [3.05, 3.63) is 33.8 Å². The molecule has 0 aromatic heterocycles. The number of hydrogen-bond acceptors (Lipinski definition) is 2. The Morgan fingerprint density at radius 3 is 2.35 bits per heavy atom. The summed E-state index contributed by atoms with van der Waals surface area (Å²) in [6.45, 7) is 4.65. The molecule has 112 valence electrons. The quantitative estimate of drug-likeness (QED) is 0.875. The van der Waals surface area contributed by atoms with Gasteiger partial charge in [0.25, 0.3) is 5.91 Å². The van der Waals surface area contributed by atoms with Crippen LogP contribution < -0.4 is 5.32 Å². The van der Waals surface area contributed by atoms with Crippen LogP contribution in [0.3, 0.4) is 0 Å². The van der Waals surface area contributed by atoms with Gasteiger partial charge in [-0.2, -0.15) is 13.2 Å². The van der Waals surface area contributed by atoms with Gasteiger partial charge < -0.3 is 10.4 Å². The van der Waals surface area contributed by atoms with E-state index < -0.39 is 29.3 Å². The van der Waals surface area contributed by atoms with Gasteiger partial charge in [-0.05, 0) is 39.0 Å². The van der Waals surface area contributed by atoms with E-state index in [9.17, 15) is 23.1 Å². The van der Waals surface area contributed by atoms with Gasteiger partial charge in [0.15, 0.2) is 0 Å². The fourth-order valence-corrected chi connectivity index (χ4v) is 1.82. The lowest BCUT2D eigenvalue weighted by atomic mass is 9.98. The molecule has 0 bridgehead atoms. The Morgan fingerprint density at radius 2 is 1.90 bits per heavy atom. The van der Waals surface area contributed by atoms with Crippen LogP contribution in [0, 0.1) is 0 Å². The fourth-order valence-electron chi connectivity index (χ4n) is 1.35. The van der Waals surface area contributed by atoms with Crippen LogP contribution in [0.2, 0.25) is 0 Å². The van der Waals surface area contributed by atoms with Crippen molar-refractivity contribution in [1.29, 1.82) is 0 Å². The second kappa shape index (κ2) is 5.73. The summed E-state index contributed by atoms with van der Waals surface area (Å²) in [5, 5.41) is 12.0. The molecule has 0 radical (unpaired) electrons. The highest BCUT2D eigenvalue weighted by molar-refractivity contribution is 9.10. The predicted octanol–water partition coefficient (Wildman–Crippen LogP) is 3.36. The SMILES string of the molecule is CC(O)C(C)(C)NC(=O)c1ccc(Br)c(C(F)(F)F)c1. The summed E-state index contributed by atoms with van der Waals surface area (Å²) in [6.07, 6.45) is -5.39. The first-order valence-electron chi connectivity index (χ1n) is 5.82. The topological polar surface area (TPSA) is 49.3 Å². The Morgan fingerprint density at radius 1 is 1.35 bits per heavy atom. The zero-order valence-electron chi connectivity index (χ0n) is 11.2. The number of carbonyl (C=O) groups excluding carboxylic acids is 1. The first-order chi connectivity index (χ1) is 8.95. The minimum atomic E-state index is -4.55. The monoisotopic (exact) mass is 353 g/mol. The van der Waals surface area contributed by atoms with Crippen molar-refractivity contribution in [2.75, 3.05) is 0 Å². The van der Waals surface area contributed by atoms with E-state index in [1.807, 2.05) is 0 Å². The highest BCUT2D eigenvalue weighted by Gasteiger charge is 2.34. The smallest absolute Gasteiger partial charge is 0.391 e. The number of amides is 1. The summed E-state index contributed by atoms with van der Waals surface area (Å²) >= 11 is 2.81. The average Bonchev–Trinajstić information content (AvgIpc) is 2.26. The van der Waals surface area contributed by atoms with Gasteiger partial charge in [-0.15, -0.1) is 0 Å². The number of nitrogens with one attached hydrogen (secondary N) is 1. The molecule has 0 fully saturated rings. The van der Waals surface area contributed by atoms with E-state index in [1.54, 1.807) is 13.8 Å². The maximum absolute atomic E-state index is 12.8. The van der Waals surface area contributed by atoms with E-state index >= 15 is 0 Å². The molecule has 0 spiro atoms. The molecule has 0 aliphatic carbocycles. The summed E-state index contributed by atoms with van der Waals surface area (Å²) in [4.78, 5) is 12.0. The molecule has 1 unspecified atom stereocenters. The second-order valence-electron chi connectivity index (χ2n) is 5.04. The molecule has 3 nitrogen and oxygen atoms in total. The van der Waals surface area contributed by atoms with Gasteiger partial charge in [-0.3, -0.25) is 4.79 Å². The Balaban J connectivity index is 3.07. The molecule has 7 heteroatoms. The second-order valence-corrected chi connectivity index (χ2v) is 5.90. The molecule has 1 amide bonds. The summed E-state index contributed by atoms with van der Waals surface area (Å²) in [5.74, 6) is -0.672. The van der Waals surface area contributed by atoms with Crippen LogP contribution in [0.1, 0.15) is 36.7 Å². The molecule has 0 saturated carbocycles. The molecule has 0 aliphatic rings. The third-order valence-electron chi connectivity index (χ3n) is 3.01.